The monoisotopic (exact) mass is 239 g/mol. The second kappa shape index (κ2) is 6.19. The quantitative estimate of drug-likeness (QED) is 0.759. The maximum absolute atomic E-state index is 9.09. The molecule has 0 bridgehead atoms. The highest BCUT2D eigenvalue weighted by Crippen LogP contribution is 2.25. The molecule has 0 aromatic heterocycles. The van der Waals surface area contributed by atoms with Crippen LogP contribution in [0.25, 0.3) is 0 Å². The van der Waals surface area contributed by atoms with Gasteiger partial charge in [0.05, 0.1) is 24.2 Å². The Morgan fingerprint density at radius 3 is 2.56 bits per heavy atom. The van der Waals surface area contributed by atoms with Crippen molar-refractivity contribution >= 4 is 0 Å². The third-order valence-electron chi connectivity index (χ3n) is 3.63. The van der Waals surface area contributed by atoms with E-state index in [1.54, 1.807) is 0 Å². The zero-order chi connectivity index (χ0) is 12.8. The Morgan fingerprint density at radius 2 is 1.89 bits per heavy atom. The lowest BCUT2D eigenvalue weighted by atomic mass is 10.1. The highest BCUT2D eigenvalue weighted by molar-refractivity contribution is 5.37. The van der Waals surface area contributed by atoms with Gasteiger partial charge in [0.1, 0.15) is 0 Å². The zero-order valence-corrected chi connectivity index (χ0v) is 10.5. The van der Waals surface area contributed by atoms with Crippen LogP contribution >= 0.6 is 0 Å². The Hall–Kier alpha value is -1.84. The Balaban J connectivity index is 2.13. The molecule has 1 aliphatic rings. The first-order chi connectivity index (χ1) is 8.85. The molecule has 0 radical (unpaired) electrons. The first-order valence-electron chi connectivity index (χ1n) is 6.44. The van der Waals surface area contributed by atoms with E-state index in [1.165, 1.54) is 25.7 Å². The van der Waals surface area contributed by atoms with Gasteiger partial charge in [-0.1, -0.05) is 31.0 Å². The summed E-state index contributed by atoms with van der Waals surface area (Å²) in [7, 11) is 0. The maximum Gasteiger partial charge on any atom is 0.0995 e. The lowest BCUT2D eigenvalue weighted by Gasteiger charge is -2.26. The Bertz CT molecular complexity index is 475. The van der Waals surface area contributed by atoms with E-state index >= 15 is 0 Å². The van der Waals surface area contributed by atoms with Crippen molar-refractivity contribution < 1.29 is 0 Å². The Kier molecular flexibility index (Phi) is 4.34. The van der Waals surface area contributed by atoms with E-state index in [2.05, 4.69) is 17.0 Å². The number of hydrogen-bond donors (Lipinski definition) is 0. The summed E-state index contributed by atoms with van der Waals surface area (Å²) in [5.41, 5.74) is 1.75. The molecule has 0 amide bonds. The smallest absolute Gasteiger partial charge is 0.0995 e. The minimum Gasteiger partial charge on any atom is -0.283 e. The van der Waals surface area contributed by atoms with Crippen LogP contribution in [-0.4, -0.2) is 17.5 Å². The molecule has 1 aliphatic carbocycles. The second-order valence-electron chi connectivity index (χ2n) is 4.77. The van der Waals surface area contributed by atoms with Gasteiger partial charge in [0, 0.05) is 12.6 Å². The summed E-state index contributed by atoms with van der Waals surface area (Å²) in [6.45, 7) is 1.16. The third-order valence-corrected chi connectivity index (χ3v) is 3.63. The van der Waals surface area contributed by atoms with Crippen molar-refractivity contribution in [3.05, 3.63) is 35.4 Å². The van der Waals surface area contributed by atoms with Crippen LogP contribution < -0.4 is 0 Å². The largest absolute Gasteiger partial charge is 0.283 e. The average Bonchev–Trinajstić information content (AvgIpc) is 2.92. The molecule has 0 spiro atoms. The molecular weight excluding hydrogens is 222 g/mol. The summed E-state index contributed by atoms with van der Waals surface area (Å²) in [5, 5.41) is 18.0. The van der Waals surface area contributed by atoms with Crippen LogP contribution in [0, 0.1) is 22.7 Å². The van der Waals surface area contributed by atoms with Crippen LogP contribution in [0.15, 0.2) is 24.3 Å². The molecule has 0 heterocycles. The van der Waals surface area contributed by atoms with Crippen LogP contribution in [0.1, 0.15) is 36.8 Å². The lowest BCUT2D eigenvalue weighted by Crippen LogP contribution is -2.33. The van der Waals surface area contributed by atoms with Crippen molar-refractivity contribution in [2.75, 3.05) is 6.54 Å². The van der Waals surface area contributed by atoms with Crippen LogP contribution in [-0.2, 0) is 6.54 Å². The van der Waals surface area contributed by atoms with Gasteiger partial charge < -0.3 is 0 Å². The minimum atomic E-state index is 0.449. The number of rotatable bonds is 4. The highest BCUT2D eigenvalue weighted by Gasteiger charge is 2.22. The van der Waals surface area contributed by atoms with Crippen molar-refractivity contribution in [2.45, 2.75) is 38.3 Å². The zero-order valence-electron chi connectivity index (χ0n) is 10.5. The van der Waals surface area contributed by atoms with Gasteiger partial charge in [-0.05, 0) is 24.5 Å². The molecule has 1 aromatic rings. The molecular formula is C15H17N3. The molecule has 2 rings (SSSR count). The molecule has 1 fully saturated rings. The fourth-order valence-electron chi connectivity index (χ4n) is 2.66. The SMILES string of the molecule is N#CCN(Cc1ccccc1C#N)C1CCCC1. The van der Waals surface area contributed by atoms with Gasteiger partial charge in [0.15, 0.2) is 0 Å². The van der Waals surface area contributed by atoms with Gasteiger partial charge >= 0.3 is 0 Å². The van der Waals surface area contributed by atoms with Crippen molar-refractivity contribution in [2.24, 2.45) is 0 Å². The van der Waals surface area contributed by atoms with E-state index in [0.717, 1.165) is 11.1 Å². The molecule has 0 unspecified atom stereocenters. The van der Waals surface area contributed by atoms with E-state index in [9.17, 15) is 0 Å². The van der Waals surface area contributed by atoms with E-state index in [4.69, 9.17) is 10.5 Å². The molecule has 1 saturated carbocycles. The summed E-state index contributed by atoms with van der Waals surface area (Å²) in [5.74, 6) is 0. The second-order valence-corrected chi connectivity index (χ2v) is 4.77. The molecule has 0 saturated heterocycles. The van der Waals surface area contributed by atoms with Gasteiger partial charge in [0.25, 0.3) is 0 Å². The molecule has 0 atom stereocenters. The number of hydrogen-bond acceptors (Lipinski definition) is 3. The first kappa shape index (κ1) is 12.6. The Labute approximate surface area is 108 Å². The minimum absolute atomic E-state index is 0.449. The molecule has 0 aliphatic heterocycles. The molecule has 1 aromatic carbocycles. The van der Waals surface area contributed by atoms with Crippen molar-refractivity contribution in [1.29, 1.82) is 10.5 Å². The topological polar surface area (TPSA) is 50.8 Å². The predicted octanol–water partition coefficient (Wildman–Crippen LogP) is 2.83. The van der Waals surface area contributed by atoms with Crippen molar-refractivity contribution in [3.63, 3.8) is 0 Å². The fourth-order valence-corrected chi connectivity index (χ4v) is 2.66. The molecule has 3 nitrogen and oxygen atoms in total. The van der Waals surface area contributed by atoms with Gasteiger partial charge in [-0.15, -0.1) is 0 Å². The van der Waals surface area contributed by atoms with Gasteiger partial charge in [-0.2, -0.15) is 10.5 Å². The highest BCUT2D eigenvalue weighted by atomic mass is 15.2. The third kappa shape index (κ3) is 2.88. The van der Waals surface area contributed by atoms with E-state index in [-0.39, 0.29) is 0 Å². The molecule has 3 heteroatoms. The standard InChI is InChI=1S/C15H17N3/c16-9-10-18(15-7-3-4-8-15)12-14-6-2-1-5-13(14)11-17/h1-2,5-6,15H,3-4,7-8,10,12H2. The number of nitrogens with zero attached hydrogens (tertiary/aromatic N) is 3. The van der Waals surface area contributed by atoms with Crippen LogP contribution in [0.2, 0.25) is 0 Å². The maximum atomic E-state index is 9.09. The number of benzene rings is 1. The van der Waals surface area contributed by atoms with Crippen molar-refractivity contribution in [1.82, 2.24) is 4.90 Å². The lowest BCUT2D eigenvalue weighted by molar-refractivity contribution is 0.214. The van der Waals surface area contributed by atoms with Gasteiger partial charge in [-0.25, -0.2) is 0 Å². The predicted molar refractivity (Wildman–Crippen MR) is 69.4 cm³/mol. The average molecular weight is 239 g/mol. The van der Waals surface area contributed by atoms with Crippen LogP contribution in [0.4, 0.5) is 0 Å². The van der Waals surface area contributed by atoms with Crippen LogP contribution in [0.3, 0.4) is 0 Å². The summed E-state index contributed by atoms with van der Waals surface area (Å²) < 4.78 is 0. The summed E-state index contributed by atoms with van der Waals surface area (Å²) in [6, 6.07) is 12.6. The van der Waals surface area contributed by atoms with Crippen molar-refractivity contribution in [3.8, 4) is 12.1 Å². The normalized spacial score (nSPS) is 15.5. The molecule has 0 N–H and O–H groups in total. The molecule has 92 valence electrons. The van der Waals surface area contributed by atoms with Gasteiger partial charge in [0.2, 0.25) is 0 Å². The molecule has 18 heavy (non-hydrogen) atoms. The summed E-state index contributed by atoms with van der Waals surface area (Å²) in [4.78, 5) is 2.21. The summed E-state index contributed by atoms with van der Waals surface area (Å²) in [6.07, 6.45) is 4.87. The van der Waals surface area contributed by atoms with E-state index in [1.807, 2.05) is 24.3 Å². The fraction of sp³-hybridized carbons (Fsp3) is 0.467. The van der Waals surface area contributed by atoms with Gasteiger partial charge in [-0.3, -0.25) is 4.90 Å². The Morgan fingerprint density at radius 1 is 1.17 bits per heavy atom. The van der Waals surface area contributed by atoms with E-state index < -0.39 is 0 Å². The number of nitriles is 2. The van der Waals surface area contributed by atoms with E-state index in [0.29, 0.717) is 19.1 Å². The van der Waals surface area contributed by atoms with Crippen LogP contribution in [0.5, 0.6) is 0 Å². The first-order valence-corrected chi connectivity index (χ1v) is 6.44. The summed E-state index contributed by atoms with van der Waals surface area (Å²) >= 11 is 0.